The first-order valence-corrected chi connectivity index (χ1v) is 6.71. The smallest absolute Gasteiger partial charge is 0.337 e. The first-order chi connectivity index (χ1) is 9.24. The molecule has 1 atom stereocenters. The lowest BCUT2D eigenvalue weighted by Crippen LogP contribution is -2.28. The molecule has 0 amide bonds. The molecule has 1 aromatic heterocycles. The van der Waals surface area contributed by atoms with E-state index in [2.05, 4.69) is 4.98 Å². The topological polar surface area (TPSA) is 68.7 Å². The summed E-state index contributed by atoms with van der Waals surface area (Å²) < 4.78 is 11.3. The van der Waals surface area contributed by atoms with E-state index in [0.29, 0.717) is 18.4 Å². The number of pyridine rings is 1. The van der Waals surface area contributed by atoms with Gasteiger partial charge in [0.2, 0.25) is 5.88 Å². The molecule has 1 saturated carbocycles. The van der Waals surface area contributed by atoms with Crippen LogP contribution in [0, 0.1) is 0 Å². The van der Waals surface area contributed by atoms with E-state index >= 15 is 0 Å². The van der Waals surface area contributed by atoms with Crippen molar-refractivity contribution in [2.75, 3.05) is 13.2 Å². The van der Waals surface area contributed by atoms with Gasteiger partial charge in [-0.1, -0.05) is 0 Å². The molecule has 1 aliphatic carbocycles. The molecule has 0 radical (unpaired) electrons. The summed E-state index contributed by atoms with van der Waals surface area (Å²) in [5, 5.41) is 9.02. The van der Waals surface area contributed by atoms with Crippen molar-refractivity contribution < 1.29 is 19.4 Å². The summed E-state index contributed by atoms with van der Waals surface area (Å²) >= 11 is 0. The largest absolute Gasteiger partial charge is 0.478 e. The quantitative estimate of drug-likeness (QED) is 0.902. The van der Waals surface area contributed by atoms with Crippen molar-refractivity contribution in [1.29, 1.82) is 0 Å². The molecule has 19 heavy (non-hydrogen) atoms. The molecule has 5 nitrogen and oxygen atoms in total. The first-order valence-electron chi connectivity index (χ1n) is 6.71. The Morgan fingerprint density at radius 1 is 1.42 bits per heavy atom. The van der Waals surface area contributed by atoms with E-state index < -0.39 is 5.97 Å². The fourth-order valence-corrected chi connectivity index (χ4v) is 2.33. The first kappa shape index (κ1) is 12.4. The lowest BCUT2D eigenvalue weighted by molar-refractivity contribution is 0.00505. The van der Waals surface area contributed by atoms with Gasteiger partial charge >= 0.3 is 5.97 Å². The lowest BCUT2D eigenvalue weighted by Gasteiger charge is -2.23. The van der Waals surface area contributed by atoms with Gasteiger partial charge in [-0.25, -0.2) is 9.78 Å². The molecule has 2 heterocycles. The van der Waals surface area contributed by atoms with Crippen LogP contribution in [0.4, 0.5) is 0 Å². The van der Waals surface area contributed by atoms with E-state index in [9.17, 15) is 4.79 Å². The number of carboxylic acids is 1. The molecule has 5 heteroatoms. The van der Waals surface area contributed by atoms with Crippen LogP contribution < -0.4 is 4.74 Å². The van der Waals surface area contributed by atoms with Crippen LogP contribution in [0.2, 0.25) is 0 Å². The summed E-state index contributed by atoms with van der Waals surface area (Å²) in [6.45, 7) is 1.38. The van der Waals surface area contributed by atoms with Crippen LogP contribution in [0.5, 0.6) is 5.88 Å². The number of carbonyl (C=O) groups is 1. The van der Waals surface area contributed by atoms with Gasteiger partial charge in [-0.05, 0) is 37.7 Å². The van der Waals surface area contributed by atoms with E-state index in [1.807, 2.05) is 0 Å². The van der Waals surface area contributed by atoms with Crippen molar-refractivity contribution >= 4 is 5.97 Å². The van der Waals surface area contributed by atoms with Crippen LogP contribution >= 0.6 is 0 Å². The number of rotatable bonds is 4. The summed E-state index contributed by atoms with van der Waals surface area (Å²) in [4.78, 5) is 15.2. The average Bonchev–Trinajstić information content (AvgIpc) is 3.24. The number of aromatic carboxylic acids is 1. The van der Waals surface area contributed by atoms with Gasteiger partial charge in [-0.15, -0.1) is 0 Å². The van der Waals surface area contributed by atoms with Gasteiger partial charge in [0.05, 0.1) is 12.2 Å². The van der Waals surface area contributed by atoms with Gasteiger partial charge in [0.1, 0.15) is 6.10 Å². The molecule has 0 bridgehead atoms. The summed E-state index contributed by atoms with van der Waals surface area (Å²) in [5.74, 6) is 0.0521. The third-order valence-electron chi connectivity index (χ3n) is 3.54. The Morgan fingerprint density at radius 3 is 2.89 bits per heavy atom. The number of nitrogens with zero attached hydrogens (tertiary/aromatic N) is 1. The number of ether oxygens (including phenoxy) is 2. The average molecular weight is 263 g/mol. The van der Waals surface area contributed by atoms with E-state index in [0.717, 1.165) is 37.9 Å². The van der Waals surface area contributed by atoms with Gasteiger partial charge in [-0.3, -0.25) is 0 Å². The van der Waals surface area contributed by atoms with Gasteiger partial charge in [-0.2, -0.15) is 0 Å². The van der Waals surface area contributed by atoms with Crippen LogP contribution in [0.25, 0.3) is 0 Å². The van der Waals surface area contributed by atoms with E-state index in [1.54, 1.807) is 6.07 Å². The Bertz CT molecular complexity index is 478. The predicted octanol–water partition coefficient (Wildman–Crippen LogP) is 2.21. The number of aromatic nitrogens is 1. The fraction of sp³-hybridized carbons (Fsp3) is 0.571. The second kappa shape index (κ2) is 5.17. The van der Waals surface area contributed by atoms with Crippen molar-refractivity contribution in [3.63, 3.8) is 0 Å². The zero-order valence-electron chi connectivity index (χ0n) is 10.7. The molecule has 2 aliphatic rings. The molecule has 1 N–H and O–H groups in total. The summed E-state index contributed by atoms with van der Waals surface area (Å²) in [6.07, 6.45) is 5.54. The van der Waals surface area contributed by atoms with Gasteiger partial charge in [0, 0.05) is 18.4 Å². The Morgan fingerprint density at radius 2 is 2.26 bits per heavy atom. The maximum Gasteiger partial charge on any atom is 0.337 e. The molecule has 1 aromatic rings. The van der Waals surface area contributed by atoms with Crippen molar-refractivity contribution in [1.82, 2.24) is 4.98 Å². The molecule has 2 fully saturated rings. The second-order valence-electron chi connectivity index (χ2n) is 5.15. The van der Waals surface area contributed by atoms with Crippen LogP contribution in [-0.2, 0) is 4.74 Å². The highest BCUT2D eigenvalue weighted by molar-refractivity contribution is 5.87. The zero-order valence-corrected chi connectivity index (χ0v) is 10.7. The highest BCUT2D eigenvalue weighted by atomic mass is 16.5. The highest BCUT2D eigenvalue weighted by Crippen LogP contribution is 2.44. The molecule has 1 saturated heterocycles. The fourth-order valence-electron chi connectivity index (χ4n) is 2.33. The van der Waals surface area contributed by atoms with Crippen molar-refractivity contribution in [3.05, 3.63) is 23.4 Å². The van der Waals surface area contributed by atoms with Crippen molar-refractivity contribution in [3.8, 4) is 5.88 Å². The zero-order chi connectivity index (χ0) is 13.2. The molecular weight excluding hydrogens is 246 g/mol. The monoisotopic (exact) mass is 263 g/mol. The SMILES string of the molecule is O=C(O)c1cnc(OC2CCCOC2)c(C2CC2)c1. The Kier molecular flexibility index (Phi) is 3.38. The lowest BCUT2D eigenvalue weighted by atomic mass is 10.1. The molecule has 3 rings (SSSR count). The van der Waals surface area contributed by atoms with Crippen LogP contribution in [0.1, 0.15) is 47.5 Å². The van der Waals surface area contributed by atoms with E-state index in [4.69, 9.17) is 14.6 Å². The predicted molar refractivity (Wildman–Crippen MR) is 67.6 cm³/mol. The Labute approximate surface area is 111 Å². The van der Waals surface area contributed by atoms with Crippen LogP contribution in [0.3, 0.4) is 0 Å². The standard InChI is InChI=1S/C14H17NO4/c16-14(17)10-6-12(9-3-4-9)13(15-7-10)19-11-2-1-5-18-8-11/h6-7,9,11H,1-5,8H2,(H,16,17). The maximum absolute atomic E-state index is 11.0. The van der Waals surface area contributed by atoms with E-state index in [-0.39, 0.29) is 11.7 Å². The molecule has 0 aromatic carbocycles. The maximum atomic E-state index is 11.0. The molecule has 0 spiro atoms. The summed E-state index contributed by atoms with van der Waals surface area (Å²) in [7, 11) is 0. The van der Waals surface area contributed by atoms with Crippen molar-refractivity contribution in [2.45, 2.75) is 37.7 Å². The second-order valence-corrected chi connectivity index (χ2v) is 5.15. The molecular formula is C14H17NO4. The Balaban J connectivity index is 1.81. The summed E-state index contributed by atoms with van der Waals surface area (Å²) in [5.41, 5.74) is 1.17. The van der Waals surface area contributed by atoms with Gasteiger partial charge in [0.15, 0.2) is 0 Å². The molecule has 1 aliphatic heterocycles. The minimum atomic E-state index is -0.943. The third kappa shape index (κ3) is 2.87. The minimum Gasteiger partial charge on any atom is -0.478 e. The minimum absolute atomic E-state index is 0.0365. The summed E-state index contributed by atoms with van der Waals surface area (Å²) in [6, 6.07) is 1.70. The normalized spacial score (nSPS) is 23.1. The number of carboxylic acid groups (broad SMARTS) is 1. The molecule has 102 valence electrons. The number of hydrogen-bond acceptors (Lipinski definition) is 4. The van der Waals surface area contributed by atoms with Crippen LogP contribution in [-0.4, -0.2) is 35.4 Å². The van der Waals surface area contributed by atoms with Crippen LogP contribution in [0.15, 0.2) is 12.3 Å². The molecule has 1 unspecified atom stereocenters. The number of hydrogen-bond donors (Lipinski definition) is 1. The highest BCUT2D eigenvalue weighted by Gasteiger charge is 2.30. The Hall–Kier alpha value is -1.62. The van der Waals surface area contributed by atoms with Gasteiger partial charge in [0.25, 0.3) is 0 Å². The van der Waals surface area contributed by atoms with Gasteiger partial charge < -0.3 is 14.6 Å². The van der Waals surface area contributed by atoms with E-state index in [1.165, 1.54) is 6.20 Å². The third-order valence-corrected chi connectivity index (χ3v) is 3.54. The van der Waals surface area contributed by atoms with Crippen molar-refractivity contribution in [2.24, 2.45) is 0 Å².